The van der Waals surface area contributed by atoms with Gasteiger partial charge in [-0.25, -0.2) is 4.79 Å². The quantitative estimate of drug-likeness (QED) is 0.292. The zero-order chi connectivity index (χ0) is 25.2. The molecule has 178 valence electrons. The van der Waals surface area contributed by atoms with E-state index in [1.807, 2.05) is 0 Å². The van der Waals surface area contributed by atoms with Crippen LogP contribution in [-0.4, -0.2) is 5.97 Å². The van der Waals surface area contributed by atoms with Gasteiger partial charge in [-0.2, -0.15) is 0 Å². The molecule has 0 amide bonds. The predicted molar refractivity (Wildman–Crippen MR) is 141 cm³/mol. The van der Waals surface area contributed by atoms with Gasteiger partial charge in [0.1, 0.15) is 11.2 Å². The molecule has 2 nitrogen and oxygen atoms in total. The zero-order valence-electron chi connectivity index (χ0n) is 22.4. The van der Waals surface area contributed by atoms with Gasteiger partial charge in [-0.15, -0.1) is 0 Å². The number of carbonyl (C=O) groups is 1. The van der Waals surface area contributed by atoms with Gasteiger partial charge in [0.05, 0.1) is 0 Å². The molecule has 0 N–H and O–H groups in total. The van der Waals surface area contributed by atoms with Crippen LogP contribution >= 0.6 is 0 Å². The first-order valence-corrected chi connectivity index (χ1v) is 12.2. The Bertz CT molecular complexity index is 1240. The summed E-state index contributed by atoms with van der Waals surface area (Å²) < 4.78 is 6.26. The van der Waals surface area contributed by atoms with Crippen LogP contribution in [0.2, 0.25) is 0 Å². The molecule has 0 fully saturated rings. The molecule has 4 rings (SSSR count). The molecule has 0 radical (unpaired) electrons. The van der Waals surface area contributed by atoms with Crippen molar-refractivity contribution in [2.45, 2.75) is 85.5 Å². The molecule has 0 spiro atoms. The van der Waals surface area contributed by atoms with E-state index in [1.165, 1.54) is 27.8 Å². The summed E-state index contributed by atoms with van der Waals surface area (Å²) in [6, 6.07) is 17.3. The Labute approximate surface area is 205 Å². The van der Waals surface area contributed by atoms with Crippen LogP contribution < -0.4 is 4.74 Å². The number of fused-ring (bicyclic) bond motifs is 1. The molecule has 3 aromatic rings. The van der Waals surface area contributed by atoms with E-state index < -0.39 is 5.41 Å². The third kappa shape index (κ3) is 3.68. The van der Waals surface area contributed by atoms with Crippen molar-refractivity contribution in [2.75, 3.05) is 0 Å². The van der Waals surface area contributed by atoms with Crippen molar-refractivity contribution in [3.05, 3.63) is 98.6 Å². The largest absolute Gasteiger partial charge is 0.425 e. The van der Waals surface area contributed by atoms with Crippen LogP contribution in [0.15, 0.2) is 48.5 Å². The number of carbonyl (C=O) groups excluding carboxylic acids is 1. The van der Waals surface area contributed by atoms with Gasteiger partial charge in [-0.3, -0.25) is 0 Å². The maximum atomic E-state index is 14.2. The Morgan fingerprint density at radius 2 is 1.15 bits per heavy atom. The van der Waals surface area contributed by atoms with Gasteiger partial charge in [0.15, 0.2) is 0 Å². The highest BCUT2D eigenvalue weighted by Gasteiger charge is 2.54. The molecule has 0 aliphatic carbocycles. The van der Waals surface area contributed by atoms with Crippen LogP contribution in [-0.2, 0) is 21.0 Å². The average molecular weight is 455 g/mol. The van der Waals surface area contributed by atoms with E-state index in [9.17, 15) is 4.79 Å². The second kappa shape index (κ2) is 7.83. The number of hydrogen-bond donors (Lipinski definition) is 0. The van der Waals surface area contributed by atoms with Crippen LogP contribution in [0.4, 0.5) is 0 Å². The molecule has 0 saturated heterocycles. The summed E-state index contributed by atoms with van der Waals surface area (Å²) in [6.07, 6.45) is 0. The number of aryl methyl sites for hydroxylation is 4. The van der Waals surface area contributed by atoms with E-state index in [0.717, 1.165) is 28.0 Å². The van der Waals surface area contributed by atoms with Crippen LogP contribution in [0.5, 0.6) is 5.75 Å². The van der Waals surface area contributed by atoms with Crippen LogP contribution in [0.1, 0.15) is 91.6 Å². The van der Waals surface area contributed by atoms with Crippen molar-refractivity contribution in [1.29, 1.82) is 0 Å². The molecule has 1 aliphatic heterocycles. The van der Waals surface area contributed by atoms with E-state index in [0.29, 0.717) is 0 Å². The van der Waals surface area contributed by atoms with Crippen molar-refractivity contribution in [3.8, 4) is 5.75 Å². The molecule has 1 heterocycles. The zero-order valence-corrected chi connectivity index (χ0v) is 22.4. The topological polar surface area (TPSA) is 26.3 Å². The smallest absolute Gasteiger partial charge is 0.331 e. The first-order chi connectivity index (χ1) is 15.7. The molecule has 1 aliphatic rings. The van der Waals surface area contributed by atoms with Crippen LogP contribution in [0.25, 0.3) is 0 Å². The van der Waals surface area contributed by atoms with Crippen molar-refractivity contribution in [1.82, 2.24) is 0 Å². The molecule has 0 aromatic heterocycles. The monoisotopic (exact) mass is 454 g/mol. The minimum Gasteiger partial charge on any atom is -0.425 e. The Morgan fingerprint density at radius 1 is 0.647 bits per heavy atom. The minimum absolute atomic E-state index is 0.0706. The first-order valence-electron chi connectivity index (χ1n) is 12.2. The van der Waals surface area contributed by atoms with Crippen molar-refractivity contribution >= 4 is 5.97 Å². The standard InChI is InChI=1S/C32H38O2/c1-19-11-13-23(15-21(19)3)32(24-14-12-20(2)22(4)16-24)27-18-25(30(5,6)7)17-26(31(8,9)10)28(27)34-29(32)33/h11-18H,1-10H3. The van der Waals surface area contributed by atoms with Crippen LogP contribution in [0, 0.1) is 27.7 Å². The molecule has 0 unspecified atom stereocenters. The van der Waals surface area contributed by atoms with E-state index in [2.05, 4.69) is 118 Å². The number of benzene rings is 3. The first kappa shape index (κ1) is 24.3. The lowest BCUT2D eigenvalue weighted by molar-refractivity contribution is -0.135. The second-order valence-corrected chi connectivity index (χ2v) is 12.1. The van der Waals surface area contributed by atoms with Gasteiger partial charge in [0.25, 0.3) is 0 Å². The Balaban J connectivity index is 2.20. The highest BCUT2D eigenvalue weighted by atomic mass is 16.5. The average Bonchev–Trinajstić information content (AvgIpc) is 3.02. The number of esters is 1. The highest BCUT2D eigenvalue weighted by molar-refractivity contribution is 5.99. The summed E-state index contributed by atoms with van der Waals surface area (Å²) in [5, 5.41) is 0. The molecule has 0 saturated carbocycles. The van der Waals surface area contributed by atoms with E-state index in [-0.39, 0.29) is 16.8 Å². The summed E-state index contributed by atoms with van der Waals surface area (Å²) in [6.45, 7) is 21.7. The molecule has 0 bridgehead atoms. The number of hydrogen-bond acceptors (Lipinski definition) is 2. The molecule has 34 heavy (non-hydrogen) atoms. The summed E-state index contributed by atoms with van der Waals surface area (Å²) in [5.74, 6) is 0.507. The fourth-order valence-corrected chi connectivity index (χ4v) is 4.95. The maximum Gasteiger partial charge on any atom is 0.331 e. The van der Waals surface area contributed by atoms with Gasteiger partial charge >= 0.3 is 5.97 Å². The Kier molecular flexibility index (Phi) is 5.59. The number of rotatable bonds is 2. The summed E-state index contributed by atoms with van der Waals surface area (Å²) >= 11 is 0. The fourth-order valence-electron chi connectivity index (χ4n) is 4.95. The van der Waals surface area contributed by atoms with Gasteiger partial charge in [-0.1, -0.05) is 84.0 Å². The molecule has 0 atom stereocenters. The number of ether oxygens (including phenoxy) is 1. The Morgan fingerprint density at radius 3 is 1.56 bits per heavy atom. The van der Waals surface area contributed by atoms with Crippen LogP contribution in [0.3, 0.4) is 0 Å². The van der Waals surface area contributed by atoms with Crippen molar-refractivity contribution in [2.24, 2.45) is 0 Å². The third-order valence-corrected chi connectivity index (χ3v) is 7.55. The van der Waals surface area contributed by atoms with Gasteiger partial charge < -0.3 is 4.74 Å². The molecular weight excluding hydrogens is 416 g/mol. The highest BCUT2D eigenvalue weighted by Crippen LogP contribution is 2.53. The normalized spacial score (nSPS) is 15.3. The minimum atomic E-state index is -1.01. The van der Waals surface area contributed by atoms with Crippen molar-refractivity contribution < 1.29 is 9.53 Å². The second-order valence-electron chi connectivity index (χ2n) is 12.1. The summed E-state index contributed by atoms with van der Waals surface area (Å²) in [7, 11) is 0. The Hall–Kier alpha value is -2.87. The maximum absolute atomic E-state index is 14.2. The molecular formula is C32H38O2. The van der Waals surface area contributed by atoms with Crippen molar-refractivity contribution in [3.63, 3.8) is 0 Å². The lowest BCUT2D eigenvalue weighted by Crippen LogP contribution is -2.37. The lowest BCUT2D eigenvalue weighted by atomic mass is 9.67. The fraction of sp³-hybridized carbons (Fsp3) is 0.406. The van der Waals surface area contributed by atoms with E-state index >= 15 is 0 Å². The van der Waals surface area contributed by atoms with E-state index in [4.69, 9.17) is 4.74 Å². The SMILES string of the molecule is Cc1ccc(C2(c3ccc(C)c(C)c3)C(=O)Oc3c(C(C)(C)C)cc(C(C)(C)C)cc32)cc1C. The van der Waals surface area contributed by atoms with Gasteiger partial charge in [0, 0.05) is 11.1 Å². The summed E-state index contributed by atoms with van der Waals surface area (Å²) in [4.78, 5) is 14.2. The summed E-state index contributed by atoms with van der Waals surface area (Å²) in [5.41, 5.74) is 8.71. The van der Waals surface area contributed by atoms with E-state index in [1.54, 1.807) is 0 Å². The molecule has 2 heteroatoms. The van der Waals surface area contributed by atoms with Gasteiger partial charge in [0.2, 0.25) is 0 Å². The predicted octanol–water partition coefficient (Wildman–Crippen LogP) is 7.77. The lowest BCUT2D eigenvalue weighted by Gasteiger charge is -2.31. The van der Waals surface area contributed by atoms with Gasteiger partial charge in [-0.05, 0) is 83.5 Å². The third-order valence-electron chi connectivity index (χ3n) is 7.55. The molecule has 3 aromatic carbocycles.